The summed E-state index contributed by atoms with van der Waals surface area (Å²) in [5.74, 6) is -0.210. The minimum atomic E-state index is -0.300. The van der Waals surface area contributed by atoms with Crippen LogP contribution >= 0.6 is 0 Å². The average Bonchev–Trinajstić information content (AvgIpc) is 2.39. The first kappa shape index (κ1) is 12.0. The zero-order chi connectivity index (χ0) is 12.5. The summed E-state index contributed by atoms with van der Waals surface area (Å²) in [6, 6.07) is 6.08. The fourth-order valence-electron chi connectivity index (χ4n) is 2.20. The molecule has 0 saturated carbocycles. The summed E-state index contributed by atoms with van der Waals surface area (Å²) in [5.41, 5.74) is 0.455. The van der Waals surface area contributed by atoms with E-state index in [-0.39, 0.29) is 17.3 Å². The number of halogens is 1. The van der Waals surface area contributed by atoms with Crippen LogP contribution in [0.25, 0.3) is 0 Å². The molecule has 2 rings (SSSR count). The number of hydrogen-bond donors (Lipinski definition) is 1. The number of amides is 1. The van der Waals surface area contributed by atoms with E-state index in [0.717, 1.165) is 12.2 Å². The van der Waals surface area contributed by atoms with Crippen LogP contribution in [0, 0.1) is 5.82 Å². The molecular formula is C13H17FN2O. The van der Waals surface area contributed by atoms with Gasteiger partial charge in [-0.2, -0.15) is 0 Å². The second-order valence-electron chi connectivity index (χ2n) is 4.94. The molecule has 1 heterocycles. The summed E-state index contributed by atoms with van der Waals surface area (Å²) in [6.45, 7) is 5.44. The molecule has 0 atom stereocenters. The first-order valence-electron chi connectivity index (χ1n) is 5.80. The standard InChI is InChI=1S/C13H17FN2O/c1-13(2)9-15-8-7-12(17)16(13)11-5-3-10(14)4-6-11/h3-6,15H,7-9H2,1-2H3. The Balaban J connectivity index is 2.38. The van der Waals surface area contributed by atoms with Crippen molar-refractivity contribution in [2.45, 2.75) is 25.8 Å². The van der Waals surface area contributed by atoms with Crippen molar-refractivity contribution in [1.29, 1.82) is 0 Å². The molecular weight excluding hydrogens is 219 g/mol. The first-order valence-corrected chi connectivity index (χ1v) is 5.80. The van der Waals surface area contributed by atoms with Gasteiger partial charge in [0, 0.05) is 25.2 Å². The molecule has 3 nitrogen and oxygen atoms in total. The summed E-state index contributed by atoms with van der Waals surface area (Å²) in [5, 5.41) is 3.24. The largest absolute Gasteiger partial charge is 0.314 e. The highest BCUT2D eigenvalue weighted by Crippen LogP contribution is 2.26. The van der Waals surface area contributed by atoms with Crippen LogP contribution in [0.4, 0.5) is 10.1 Å². The average molecular weight is 236 g/mol. The predicted molar refractivity (Wildman–Crippen MR) is 65.5 cm³/mol. The molecule has 0 spiro atoms. The summed E-state index contributed by atoms with van der Waals surface area (Å²) < 4.78 is 12.9. The Morgan fingerprint density at radius 3 is 2.59 bits per heavy atom. The molecule has 1 fully saturated rings. The molecule has 1 aliphatic heterocycles. The molecule has 1 aromatic rings. The van der Waals surface area contributed by atoms with Crippen molar-refractivity contribution >= 4 is 11.6 Å². The van der Waals surface area contributed by atoms with Crippen molar-refractivity contribution in [3.8, 4) is 0 Å². The lowest BCUT2D eigenvalue weighted by Crippen LogP contribution is -2.51. The van der Waals surface area contributed by atoms with E-state index in [4.69, 9.17) is 0 Å². The van der Waals surface area contributed by atoms with E-state index in [9.17, 15) is 9.18 Å². The van der Waals surface area contributed by atoms with Crippen LogP contribution in [0.1, 0.15) is 20.3 Å². The Bertz CT molecular complexity index is 414. The lowest BCUT2D eigenvalue weighted by Gasteiger charge is -2.37. The monoisotopic (exact) mass is 236 g/mol. The van der Waals surface area contributed by atoms with Gasteiger partial charge in [-0.25, -0.2) is 4.39 Å². The number of carbonyl (C=O) groups is 1. The van der Waals surface area contributed by atoms with E-state index in [2.05, 4.69) is 5.32 Å². The number of benzene rings is 1. The van der Waals surface area contributed by atoms with Gasteiger partial charge in [-0.3, -0.25) is 4.79 Å². The van der Waals surface area contributed by atoms with Crippen LogP contribution < -0.4 is 10.2 Å². The van der Waals surface area contributed by atoms with E-state index in [1.54, 1.807) is 17.0 Å². The van der Waals surface area contributed by atoms with Gasteiger partial charge in [0.15, 0.2) is 0 Å². The molecule has 92 valence electrons. The van der Waals surface area contributed by atoms with Gasteiger partial charge in [-0.1, -0.05) is 0 Å². The SMILES string of the molecule is CC1(C)CNCCC(=O)N1c1ccc(F)cc1. The molecule has 4 heteroatoms. The summed E-state index contributed by atoms with van der Waals surface area (Å²) in [6.07, 6.45) is 0.473. The lowest BCUT2D eigenvalue weighted by atomic mass is 10.0. The molecule has 0 bridgehead atoms. The minimum Gasteiger partial charge on any atom is -0.314 e. The highest BCUT2D eigenvalue weighted by molar-refractivity contribution is 5.95. The third-order valence-corrected chi connectivity index (χ3v) is 3.01. The van der Waals surface area contributed by atoms with Gasteiger partial charge in [0.1, 0.15) is 5.82 Å². The van der Waals surface area contributed by atoms with E-state index < -0.39 is 0 Å². The fraction of sp³-hybridized carbons (Fsp3) is 0.462. The van der Waals surface area contributed by atoms with E-state index in [1.807, 2.05) is 13.8 Å². The second kappa shape index (κ2) is 4.45. The smallest absolute Gasteiger partial charge is 0.228 e. The third-order valence-electron chi connectivity index (χ3n) is 3.01. The molecule has 17 heavy (non-hydrogen) atoms. The Morgan fingerprint density at radius 1 is 1.29 bits per heavy atom. The Kier molecular flexibility index (Phi) is 3.15. The van der Waals surface area contributed by atoms with Gasteiger partial charge in [0.25, 0.3) is 0 Å². The zero-order valence-corrected chi connectivity index (χ0v) is 10.2. The minimum absolute atomic E-state index is 0.0756. The molecule has 0 unspecified atom stereocenters. The Morgan fingerprint density at radius 2 is 1.94 bits per heavy atom. The van der Waals surface area contributed by atoms with Gasteiger partial charge < -0.3 is 10.2 Å². The highest BCUT2D eigenvalue weighted by Gasteiger charge is 2.33. The molecule has 0 radical (unpaired) electrons. The van der Waals surface area contributed by atoms with Gasteiger partial charge in [0.2, 0.25) is 5.91 Å². The number of carbonyl (C=O) groups excluding carboxylic acids is 1. The molecule has 0 aromatic heterocycles. The normalized spacial score (nSPS) is 20.2. The van der Waals surface area contributed by atoms with Crippen molar-refractivity contribution in [2.75, 3.05) is 18.0 Å². The zero-order valence-electron chi connectivity index (χ0n) is 10.2. The molecule has 0 aliphatic carbocycles. The van der Waals surface area contributed by atoms with Crippen molar-refractivity contribution in [2.24, 2.45) is 0 Å². The van der Waals surface area contributed by atoms with Gasteiger partial charge in [-0.05, 0) is 38.1 Å². The molecule has 1 amide bonds. The Hall–Kier alpha value is -1.42. The van der Waals surface area contributed by atoms with Gasteiger partial charge in [-0.15, -0.1) is 0 Å². The number of nitrogens with zero attached hydrogens (tertiary/aromatic N) is 1. The summed E-state index contributed by atoms with van der Waals surface area (Å²) in [7, 11) is 0. The number of hydrogen-bond acceptors (Lipinski definition) is 2. The maximum absolute atomic E-state index is 12.9. The van der Waals surface area contributed by atoms with Gasteiger partial charge in [0.05, 0.1) is 5.54 Å². The van der Waals surface area contributed by atoms with Crippen LogP contribution in [0.2, 0.25) is 0 Å². The topological polar surface area (TPSA) is 32.3 Å². The summed E-state index contributed by atoms with van der Waals surface area (Å²) >= 11 is 0. The van der Waals surface area contributed by atoms with Crippen molar-refractivity contribution in [3.05, 3.63) is 30.1 Å². The van der Waals surface area contributed by atoms with Crippen LogP contribution in [-0.4, -0.2) is 24.5 Å². The third kappa shape index (κ3) is 2.47. The Labute approximate surface area is 101 Å². The molecule has 1 aliphatic rings. The van der Waals surface area contributed by atoms with Crippen molar-refractivity contribution < 1.29 is 9.18 Å². The van der Waals surface area contributed by atoms with E-state index in [1.165, 1.54) is 12.1 Å². The molecule has 1 N–H and O–H groups in total. The maximum atomic E-state index is 12.9. The van der Waals surface area contributed by atoms with E-state index in [0.29, 0.717) is 13.0 Å². The quantitative estimate of drug-likeness (QED) is 0.808. The lowest BCUT2D eigenvalue weighted by molar-refractivity contribution is -0.119. The number of anilines is 1. The first-order chi connectivity index (χ1) is 8.00. The van der Waals surface area contributed by atoms with Crippen molar-refractivity contribution in [3.63, 3.8) is 0 Å². The maximum Gasteiger partial charge on any atom is 0.228 e. The second-order valence-corrected chi connectivity index (χ2v) is 4.94. The van der Waals surface area contributed by atoms with Crippen molar-refractivity contribution in [1.82, 2.24) is 5.32 Å². The predicted octanol–water partition coefficient (Wildman–Crippen LogP) is 1.93. The van der Waals surface area contributed by atoms with Gasteiger partial charge >= 0.3 is 0 Å². The molecule has 1 saturated heterocycles. The number of rotatable bonds is 1. The van der Waals surface area contributed by atoms with Crippen LogP contribution in [-0.2, 0) is 4.79 Å². The highest BCUT2D eigenvalue weighted by atomic mass is 19.1. The van der Waals surface area contributed by atoms with Crippen LogP contribution in [0.5, 0.6) is 0 Å². The van der Waals surface area contributed by atoms with E-state index >= 15 is 0 Å². The number of nitrogens with one attached hydrogen (secondary N) is 1. The van der Waals surface area contributed by atoms with Crippen LogP contribution in [0.15, 0.2) is 24.3 Å². The molecule has 1 aromatic carbocycles. The summed E-state index contributed by atoms with van der Waals surface area (Å²) in [4.78, 5) is 13.9. The fourth-order valence-corrected chi connectivity index (χ4v) is 2.20. The van der Waals surface area contributed by atoms with Crippen LogP contribution in [0.3, 0.4) is 0 Å².